The zero-order chi connectivity index (χ0) is 25.8. The molecule has 37 heavy (non-hydrogen) atoms. The second-order valence-corrected chi connectivity index (χ2v) is 9.68. The van der Waals surface area contributed by atoms with Crippen molar-refractivity contribution in [2.75, 3.05) is 51.8 Å². The summed E-state index contributed by atoms with van der Waals surface area (Å²) in [5.41, 5.74) is 2.87. The van der Waals surface area contributed by atoms with E-state index in [0.717, 1.165) is 49.4 Å². The average Bonchev–Trinajstić information content (AvgIpc) is 2.94. The minimum Gasteiger partial charge on any atom is -0.493 e. The molecule has 0 bridgehead atoms. The van der Waals surface area contributed by atoms with Gasteiger partial charge in [0.05, 0.1) is 30.8 Å². The van der Waals surface area contributed by atoms with E-state index in [2.05, 4.69) is 23.8 Å². The Morgan fingerprint density at radius 3 is 2.35 bits per heavy atom. The van der Waals surface area contributed by atoms with E-state index in [1.165, 1.54) is 0 Å². The maximum atomic E-state index is 13.7. The molecule has 2 aliphatic rings. The first-order chi connectivity index (χ1) is 18.1. The van der Waals surface area contributed by atoms with Gasteiger partial charge in [0.2, 0.25) is 17.7 Å². The SMILES string of the molecule is CC[C@H](C(=O)N1CCc2nc(N3CCN(C)CC3)nc(Oc3ccccc3OC)c2C1)c1ccccc1. The van der Waals surface area contributed by atoms with Gasteiger partial charge in [-0.3, -0.25) is 4.79 Å². The van der Waals surface area contributed by atoms with Gasteiger partial charge in [0.15, 0.2) is 11.5 Å². The molecule has 0 spiro atoms. The molecule has 2 aromatic carbocycles. The van der Waals surface area contributed by atoms with Gasteiger partial charge in [-0.15, -0.1) is 0 Å². The largest absolute Gasteiger partial charge is 0.493 e. The van der Waals surface area contributed by atoms with Crippen LogP contribution in [0.25, 0.3) is 0 Å². The highest BCUT2D eigenvalue weighted by atomic mass is 16.5. The highest BCUT2D eigenvalue weighted by Gasteiger charge is 2.31. The number of hydrogen-bond donors (Lipinski definition) is 0. The van der Waals surface area contributed by atoms with Crippen LogP contribution in [-0.4, -0.2) is 72.6 Å². The van der Waals surface area contributed by atoms with Crippen LogP contribution in [-0.2, 0) is 17.8 Å². The van der Waals surface area contributed by atoms with Crippen molar-refractivity contribution >= 4 is 11.9 Å². The smallest absolute Gasteiger partial charge is 0.230 e. The van der Waals surface area contributed by atoms with Crippen molar-refractivity contribution in [3.63, 3.8) is 0 Å². The zero-order valence-electron chi connectivity index (χ0n) is 21.9. The van der Waals surface area contributed by atoms with Crippen molar-refractivity contribution in [1.29, 1.82) is 0 Å². The van der Waals surface area contributed by atoms with E-state index >= 15 is 0 Å². The Kier molecular flexibility index (Phi) is 7.55. The first kappa shape index (κ1) is 25.0. The summed E-state index contributed by atoms with van der Waals surface area (Å²) in [7, 11) is 3.76. The number of piperazine rings is 1. The summed E-state index contributed by atoms with van der Waals surface area (Å²) in [4.78, 5) is 30.0. The van der Waals surface area contributed by atoms with Crippen LogP contribution in [0.1, 0.15) is 36.1 Å². The number of ether oxygens (including phenoxy) is 2. The maximum Gasteiger partial charge on any atom is 0.230 e. The van der Waals surface area contributed by atoms with Crippen LogP contribution < -0.4 is 14.4 Å². The molecule has 1 atom stereocenters. The summed E-state index contributed by atoms with van der Waals surface area (Å²) in [6.07, 6.45) is 1.41. The fourth-order valence-electron chi connectivity index (χ4n) is 5.06. The third kappa shape index (κ3) is 5.39. The quantitative estimate of drug-likeness (QED) is 0.483. The van der Waals surface area contributed by atoms with Crippen molar-refractivity contribution in [2.24, 2.45) is 0 Å². The second kappa shape index (κ2) is 11.2. The number of hydrogen-bond acceptors (Lipinski definition) is 7. The minimum atomic E-state index is -0.174. The Labute approximate surface area is 218 Å². The Morgan fingerprint density at radius 2 is 1.65 bits per heavy atom. The molecule has 1 saturated heterocycles. The number of benzene rings is 2. The van der Waals surface area contributed by atoms with Crippen LogP contribution in [0.15, 0.2) is 54.6 Å². The lowest BCUT2D eigenvalue weighted by atomic mass is 9.94. The third-order valence-corrected chi connectivity index (χ3v) is 7.29. The normalized spacial score (nSPS) is 16.7. The van der Waals surface area contributed by atoms with Gasteiger partial charge in [-0.25, -0.2) is 4.98 Å². The fourth-order valence-corrected chi connectivity index (χ4v) is 5.06. The molecule has 1 fully saturated rings. The van der Waals surface area contributed by atoms with Crippen molar-refractivity contribution in [2.45, 2.75) is 32.2 Å². The number of carbonyl (C=O) groups excluding carboxylic acids is 1. The predicted octanol–water partition coefficient (Wildman–Crippen LogP) is 4.11. The number of methoxy groups -OCH3 is 1. The Balaban J connectivity index is 1.48. The van der Waals surface area contributed by atoms with Crippen LogP contribution >= 0.6 is 0 Å². The summed E-state index contributed by atoms with van der Waals surface area (Å²) in [5.74, 6) is 2.36. The number of aromatic nitrogens is 2. The first-order valence-corrected chi connectivity index (χ1v) is 13.0. The Hall–Kier alpha value is -3.65. The minimum absolute atomic E-state index is 0.130. The molecule has 8 heteroatoms. The van der Waals surface area contributed by atoms with E-state index in [4.69, 9.17) is 19.4 Å². The van der Waals surface area contributed by atoms with E-state index in [-0.39, 0.29) is 11.8 Å². The number of fused-ring (bicyclic) bond motifs is 1. The number of nitrogens with zero attached hydrogens (tertiary/aromatic N) is 5. The van der Waals surface area contributed by atoms with Gasteiger partial charge in [-0.1, -0.05) is 49.4 Å². The standard InChI is InChI=1S/C29H35N5O3/c1-4-22(21-10-6-5-7-11-21)28(35)34-15-14-24-23(20-34)27(37-26-13-9-8-12-25(26)36-3)31-29(30-24)33-18-16-32(2)17-19-33/h5-13,22H,4,14-20H2,1-3H3/t22-/m0/s1. The number of para-hydroxylation sites is 2. The molecule has 5 rings (SSSR count). The summed E-state index contributed by atoms with van der Waals surface area (Å²) in [5, 5.41) is 0. The predicted molar refractivity (Wildman–Crippen MR) is 143 cm³/mol. The molecule has 0 aliphatic carbocycles. The van der Waals surface area contributed by atoms with Crippen LogP contribution in [0.3, 0.4) is 0 Å². The third-order valence-electron chi connectivity index (χ3n) is 7.29. The summed E-state index contributed by atoms with van der Waals surface area (Å²) < 4.78 is 11.9. The highest BCUT2D eigenvalue weighted by molar-refractivity contribution is 5.84. The van der Waals surface area contributed by atoms with Gasteiger partial charge in [-0.05, 0) is 31.2 Å². The van der Waals surface area contributed by atoms with Gasteiger partial charge < -0.3 is 24.2 Å². The number of rotatable bonds is 7. The average molecular weight is 502 g/mol. The van der Waals surface area contributed by atoms with Gasteiger partial charge in [0.1, 0.15) is 0 Å². The van der Waals surface area contributed by atoms with Crippen LogP contribution in [0.5, 0.6) is 17.4 Å². The number of likely N-dealkylation sites (N-methyl/N-ethyl adjacent to an activating group) is 1. The highest BCUT2D eigenvalue weighted by Crippen LogP contribution is 2.36. The molecule has 0 radical (unpaired) electrons. The fraction of sp³-hybridized carbons (Fsp3) is 0.414. The van der Waals surface area contributed by atoms with Crippen LogP contribution in [0.4, 0.5) is 5.95 Å². The van der Waals surface area contributed by atoms with Gasteiger partial charge in [0, 0.05) is 39.1 Å². The molecule has 0 unspecified atom stereocenters. The van der Waals surface area contributed by atoms with Crippen molar-refractivity contribution in [1.82, 2.24) is 19.8 Å². The van der Waals surface area contributed by atoms with E-state index in [9.17, 15) is 4.79 Å². The molecular weight excluding hydrogens is 466 g/mol. The monoisotopic (exact) mass is 501 g/mol. The van der Waals surface area contributed by atoms with Crippen LogP contribution in [0, 0.1) is 0 Å². The van der Waals surface area contributed by atoms with Crippen molar-refractivity contribution < 1.29 is 14.3 Å². The van der Waals surface area contributed by atoms with Crippen molar-refractivity contribution in [3.05, 3.63) is 71.4 Å². The van der Waals surface area contributed by atoms with E-state index in [0.29, 0.717) is 42.8 Å². The molecule has 194 valence electrons. The van der Waals surface area contributed by atoms with E-state index in [1.807, 2.05) is 59.5 Å². The number of carbonyl (C=O) groups is 1. The van der Waals surface area contributed by atoms with Gasteiger partial charge in [-0.2, -0.15) is 4.98 Å². The van der Waals surface area contributed by atoms with Gasteiger partial charge in [0.25, 0.3) is 0 Å². The Morgan fingerprint density at radius 1 is 0.946 bits per heavy atom. The molecule has 3 aromatic rings. The Bertz CT molecular complexity index is 1230. The van der Waals surface area contributed by atoms with Crippen LogP contribution in [0.2, 0.25) is 0 Å². The summed E-state index contributed by atoms with van der Waals surface area (Å²) >= 11 is 0. The second-order valence-electron chi connectivity index (χ2n) is 9.68. The lowest BCUT2D eigenvalue weighted by Crippen LogP contribution is -2.45. The summed E-state index contributed by atoms with van der Waals surface area (Å²) in [6.45, 7) is 6.77. The molecule has 2 aliphatic heterocycles. The van der Waals surface area contributed by atoms with E-state index in [1.54, 1.807) is 7.11 Å². The maximum absolute atomic E-state index is 13.7. The lowest BCUT2D eigenvalue weighted by Gasteiger charge is -2.35. The number of amides is 1. The molecule has 1 amide bonds. The van der Waals surface area contributed by atoms with E-state index < -0.39 is 0 Å². The van der Waals surface area contributed by atoms with Gasteiger partial charge >= 0.3 is 0 Å². The topological polar surface area (TPSA) is 71.0 Å². The molecule has 8 nitrogen and oxygen atoms in total. The number of anilines is 1. The first-order valence-electron chi connectivity index (χ1n) is 13.0. The molecule has 0 N–H and O–H groups in total. The molecular formula is C29H35N5O3. The summed E-state index contributed by atoms with van der Waals surface area (Å²) in [6, 6.07) is 17.6. The zero-order valence-corrected chi connectivity index (χ0v) is 21.9. The molecule has 3 heterocycles. The lowest BCUT2D eigenvalue weighted by molar-refractivity contribution is -0.133. The van der Waals surface area contributed by atoms with Crippen molar-refractivity contribution in [3.8, 4) is 17.4 Å². The molecule has 1 aromatic heterocycles. The molecule has 0 saturated carbocycles.